The Morgan fingerprint density at radius 3 is 2.91 bits per heavy atom. The molecule has 4 nitrogen and oxygen atoms in total. The molecule has 1 aromatic heterocycles. The predicted molar refractivity (Wildman–Crippen MR) is 87.9 cm³/mol. The highest BCUT2D eigenvalue weighted by atomic mass is 19.1. The normalized spacial score (nSPS) is 21.7. The molecule has 1 N–H and O–H groups in total. The molecule has 0 spiro atoms. The zero-order valence-corrected chi connectivity index (χ0v) is 13.5. The van der Waals surface area contributed by atoms with Gasteiger partial charge in [0.2, 0.25) is 0 Å². The number of aliphatic hydroxyl groups is 1. The number of hydrogen-bond donors (Lipinski definition) is 1. The molecule has 1 saturated carbocycles. The van der Waals surface area contributed by atoms with Crippen LogP contribution in [-0.2, 0) is 6.54 Å². The summed E-state index contributed by atoms with van der Waals surface area (Å²) in [4.78, 5) is 2.32. The average molecular weight is 317 g/mol. The van der Waals surface area contributed by atoms with Gasteiger partial charge in [0.15, 0.2) is 0 Å². The van der Waals surface area contributed by atoms with Crippen LogP contribution in [-0.4, -0.2) is 38.5 Å². The number of rotatable bonds is 5. The standard InChI is InChI=1S/C18H24FN3O/c1-2-21(17-8-3-4-9-18(17)23)12-14-11-20-22(13-14)16-7-5-6-15(19)10-16/h5-7,10-11,13,17-18,23H,2-4,8-9,12H2,1H3/t17-,18-/m1/s1. The van der Waals surface area contributed by atoms with E-state index in [2.05, 4.69) is 16.9 Å². The van der Waals surface area contributed by atoms with Crippen LogP contribution >= 0.6 is 0 Å². The molecule has 0 amide bonds. The molecule has 0 saturated heterocycles. The Bertz CT molecular complexity index is 643. The zero-order valence-electron chi connectivity index (χ0n) is 13.5. The van der Waals surface area contributed by atoms with Crippen LogP contribution in [0.4, 0.5) is 4.39 Å². The minimum absolute atomic E-state index is 0.228. The van der Waals surface area contributed by atoms with Crippen molar-refractivity contribution in [1.82, 2.24) is 14.7 Å². The Hall–Kier alpha value is -1.72. The summed E-state index contributed by atoms with van der Waals surface area (Å²) < 4.78 is 15.0. The summed E-state index contributed by atoms with van der Waals surface area (Å²) in [7, 11) is 0. The monoisotopic (exact) mass is 317 g/mol. The molecule has 2 aromatic rings. The summed E-state index contributed by atoms with van der Waals surface area (Å²) in [5.74, 6) is -0.264. The molecular formula is C18H24FN3O. The Balaban J connectivity index is 1.72. The number of nitrogens with zero attached hydrogens (tertiary/aromatic N) is 3. The largest absolute Gasteiger partial charge is 0.391 e. The van der Waals surface area contributed by atoms with Crippen molar-refractivity contribution in [3.63, 3.8) is 0 Å². The quantitative estimate of drug-likeness (QED) is 0.921. The summed E-state index contributed by atoms with van der Waals surface area (Å²) >= 11 is 0. The van der Waals surface area contributed by atoms with Gasteiger partial charge in [-0.25, -0.2) is 9.07 Å². The molecule has 2 atom stereocenters. The van der Waals surface area contributed by atoms with Gasteiger partial charge >= 0.3 is 0 Å². The van der Waals surface area contributed by atoms with Crippen LogP contribution in [0, 0.1) is 5.82 Å². The SMILES string of the molecule is CCN(Cc1cnn(-c2cccc(F)c2)c1)[C@@H]1CCCC[C@H]1O. The molecule has 0 aliphatic heterocycles. The van der Waals surface area contributed by atoms with E-state index in [1.54, 1.807) is 10.7 Å². The van der Waals surface area contributed by atoms with Crippen LogP contribution in [0.25, 0.3) is 5.69 Å². The summed E-state index contributed by atoms with van der Waals surface area (Å²) in [6.07, 6.45) is 7.77. The molecule has 1 aliphatic rings. The first-order valence-electron chi connectivity index (χ1n) is 8.39. The fraction of sp³-hybridized carbons (Fsp3) is 0.500. The van der Waals surface area contributed by atoms with E-state index >= 15 is 0 Å². The van der Waals surface area contributed by atoms with Crippen LogP contribution in [0.2, 0.25) is 0 Å². The van der Waals surface area contributed by atoms with Gasteiger partial charge in [-0.1, -0.05) is 25.8 Å². The van der Waals surface area contributed by atoms with Gasteiger partial charge in [-0.15, -0.1) is 0 Å². The fourth-order valence-corrected chi connectivity index (χ4v) is 3.42. The molecule has 0 bridgehead atoms. The van der Waals surface area contributed by atoms with E-state index < -0.39 is 0 Å². The van der Waals surface area contributed by atoms with Crippen molar-refractivity contribution in [3.8, 4) is 5.69 Å². The molecule has 23 heavy (non-hydrogen) atoms. The van der Waals surface area contributed by atoms with Crippen molar-refractivity contribution in [3.05, 3.63) is 48.0 Å². The zero-order chi connectivity index (χ0) is 16.2. The highest BCUT2D eigenvalue weighted by molar-refractivity contribution is 5.31. The molecule has 5 heteroatoms. The topological polar surface area (TPSA) is 41.3 Å². The van der Waals surface area contributed by atoms with Crippen LogP contribution in [0.5, 0.6) is 0 Å². The lowest BCUT2D eigenvalue weighted by atomic mass is 9.91. The Labute approximate surface area is 136 Å². The molecule has 1 aliphatic carbocycles. The number of likely N-dealkylation sites (N-methyl/N-ethyl adjacent to an activating group) is 1. The van der Waals surface area contributed by atoms with Crippen LogP contribution in [0.3, 0.4) is 0 Å². The first-order valence-corrected chi connectivity index (χ1v) is 8.39. The summed E-state index contributed by atoms with van der Waals surface area (Å²) in [5.41, 5.74) is 1.80. The van der Waals surface area contributed by atoms with Crippen LogP contribution in [0.1, 0.15) is 38.2 Å². The maximum atomic E-state index is 13.3. The highest BCUT2D eigenvalue weighted by Gasteiger charge is 2.28. The van der Waals surface area contributed by atoms with E-state index in [1.807, 2.05) is 18.5 Å². The Morgan fingerprint density at radius 1 is 1.35 bits per heavy atom. The van der Waals surface area contributed by atoms with Gasteiger partial charge in [0.1, 0.15) is 5.82 Å². The number of hydrogen-bond acceptors (Lipinski definition) is 3. The molecule has 0 radical (unpaired) electrons. The maximum Gasteiger partial charge on any atom is 0.125 e. The van der Waals surface area contributed by atoms with Gasteiger partial charge in [-0.2, -0.15) is 5.10 Å². The molecule has 124 valence electrons. The van der Waals surface area contributed by atoms with E-state index in [1.165, 1.54) is 18.6 Å². The van der Waals surface area contributed by atoms with E-state index in [0.717, 1.165) is 43.6 Å². The van der Waals surface area contributed by atoms with Gasteiger partial charge in [0.05, 0.1) is 18.0 Å². The second kappa shape index (κ2) is 7.23. The predicted octanol–water partition coefficient (Wildman–Crippen LogP) is 3.14. The smallest absolute Gasteiger partial charge is 0.125 e. The maximum absolute atomic E-state index is 13.3. The minimum Gasteiger partial charge on any atom is -0.391 e. The number of halogens is 1. The van der Waals surface area contributed by atoms with Crippen LogP contribution < -0.4 is 0 Å². The lowest BCUT2D eigenvalue weighted by molar-refractivity contribution is 0.0182. The van der Waals surface area contributed by atoms with E-state index in [4.69, 9.17) is 0 Å². The van der Waals surface area contributed by atoms with Gasteiger partial charge in [0, 0.05) is 24.3 Å². The molecule has 0 unspecified atom stereocenters. The van der Waals surface area contributed by atoms with Crippen molar-refractivity contribution in [2.75, 3.05) is 6.54 Å². The summed E-state index contributed by atoms with van der Waals surface area (Å²) in [5, 5.41) is 14.6. The van der Waals surface area contributed by atoms with E-state index in [-0.39, 0.29) is 18.0 Å². The van der Waals surface area contributed by atoms with Crippen molar-refractivity contribution in [2.45, 2.75) is 51.3 Å². The molecule has 1 fully saturated rings. The van der Waals surface area contributed by atoms with Crippen molar-refractivity contribution < 1.29 is 9.50 Å². The fourth-order valence-electron chi connectivity index (χ4n) is 3.42. The van der Waals surface area contributed by atoms with E-state index in [0.29, 0.717) is 0 Å². The van der Waals surface area contributed by atoms with Gasteiger partial charge in [0.25, 0.3) is 0 Å². The highest BCUT2D eigenvalue weighted by Crippen LogP contribution is 2.24. The third-order valence-corrected chi connectivity index (χ3v) is 4.66. The Kier molecular flexibility index (Phi) is 5.08. The van der Waals surface area contributed by atoms with Crippen molar-refractivity contribution in [1.29, 1.82) is 0 Å². The molecular weight excluding hydrogens is 293 g/mol. The Morgan fingerprint density at radius 2 is 2.17 bits per heavy atom. The molecule has 3 rings (SSSR count). The molecule has 1 aromatic carbocycles. The lowest BCUT2D eigenvalue weighted by Crippen LogP contribution is -2.44. The summed E-state index contributed by atoms with van der Waals surface area (Å²) in [6, 6.07) is 6.65. The third-order valence-electron chi connectivity index (χ3n) is 4.66. The first kappa shape index (κ1) is 16.1. The summed E-state index contributed by atoms with van der Waals surface area (Å²) in [6.45, 7) is 3.78. The van der Waals surface area contributed by atoms with Gasteiger partial charge in [-0.05, 0) is 37.6 Å². The van der Waals surface area contributed by atoms with E-state index in [9.17, 15) is 9.50 Å². The number of aliphatic hydroxyl groups excluding tert-OH is 1. The molecule has 1 heterocycles. The second-order valence-corrected chi connectivity index (χ2v) is 6.26. The minimum atomic E-state index is -0.264. The van der Waals surface area contributed by atoms with Crippen molar-refractivity contribution in [2.24, 2.45) is 0 Å². The van der Waals surface area contributed by atoms with Gasteiger partial charge < -0.3 is 5.11 Å². The van der Waals surface area contributed by atoms with Crippen molar-refractivity contribution >= 4 is 0 Å². The average Bonchev–Trinajstić information content (AvgIpc) is 3.02. The second-order valence-electron chi connectivity index (χ2n) is 6.26. The first-order chi connectivity index (χ1) is 11.2. The van der Waals surface area contributed by atoms with Crippen LogP contribution in [0.15, 0.2) is 36.7 Å². The number of aromatic nitrogens is 2. The third kappa shape index (κ3) is 3.79. The van der Waals surface area contributed by atoms with Gasteiger partial charge in [-0.3, -0.25) is 4.90 Å². The number of benzene rings is 1. The lowest BCUT2D eigenvalue weighted by Gasteiger charge is -2.36.